The molecule has 3 rings (SSSR count). The molecule has 5 nitrogen and oxygen atoms in total. The molecule has 24 heavy (non-hydrogen) atoms. The molecule has 1 aliphatic rings. The second-order valence-corrected chi connectivity index (χ2v) is 6.24. The van der Waals surface area contributed by atoms with E-state index in [0.717, 1.165) is 44.2 Å². The van der Waals surface area contributed by atoms with E-state index in [-0.39, 0.29) is 5.91 Å². The highest BCUT2D eigenvalue weighted by Crippen LogP contribution is 2.15. The van der Waals surface area contributed by atoms with Crippen molar-refractivity contribution >= 4 is 29.0 Å². The van der Waals surface area contributed by atoms with Gasteiger partial charge in [-0.05, 0) is 18.2 Å². The highest BCUT2D eigenvalue weighted by atomic mass is 32.1. The minimum Gasteiger partial charge on any atom is -0.379 e. The molecule has 0 atom stereocenters. The summed E-state index contributed by atoms with van der Waals surface area (Å²) in [5.41, 5.74) is 3.49. The average molecular weight is 343 g/mol. The van der Waals surface area contributed by atoms with E-state index in [1.54, 1.807) is 17.7 Å². The molecule has 0 N–H and O–H groups in total. The largest absolute Gasteiger partial charge is 0.379 e. The Kier molecular flexibility index (Phi) is 6.12. The molecule has 2 heterocycles. The molecule has 0 saturated carbocycles. The highest BCUT2D eigenvalue weighted by Gasteiger charge is 2.16. The smallest absolute Gasteiger partial charge is 0.251 e. The van der Waals surface area contributed by atoms with E-state index >= 15 is 0 Å². The lowest BCUT2D eigenvalue weighted by Crippen LogP contribution is -2.42. The number of rotatable bonds is 6. The highest BCUT2D eigenvalue weighted by molar-refractivity contribution is 7.07. The van der Waals surface area contributed by atoms with Gasteiger partial charge < -0.3 is 9.64 Å². The van der Waals surface area contributed by atoms with Crippen molar-refractivity contribution in [2.45, 2.75) is 0 Å². The molecule has 0 unspecified atom stereocenters. The van der Waals surface area contributed by atoms with Crippen LogP contribution in [0, 0.1) is 0 Å². The fraction of sp³-hybridized carbons (Fsp3) is 0.333. The van der Waals surface area contributed by atoms with Gasteiger partial charge in [-0.3, -0.25) is 9.69 Å². The average Bonchev–Trinajstić information content (AvgIpc) is 3.15. The number of anilines is 1. The van der Waals surface area contributed by atoms with Gasteiger partial charge in [0.05, 0.1) is 24.4 Å². The zero-order valence-electron chi connectivity index (χ0n) is 13.5. The summed E-state index contributed by atoms with van der Waals surface area (Å²) < 4.78 is 5.38. The number of nitrogens with zero attached hydrogens (tertiary/aromatic N) is 3. The lowest BCUT2D eigenvalue weighted by molar-refractivity contribution is -0.114. The number of morpholine rings is 1. The van der Waals surface area contributed by atoms with Crippen molar-refractivity contribution < 1.29 is 9.53 Å². The van der Waals surface area contributed by atoms with E-state index in [4.69, 9.17) is 4.74 Å². The zero-order valence-corrected chi connectivity index (χ0v) is 14.3. The van der Waals surface area contributed by atoms with Gasteiger partial charge in [0, 0.05) is 43.3 Å². The summed E-state index contributed by atoms with van der Waals surface area (Å²) in [5.74, 6) is -0.0255. The maximum absolute atomic E-state index is 12.7. The number of benzene rings is 1. The molecule has 1 aromatic heterocycles. The van der Waals surface area contributed by atoms with Crippen molar-refractivity contribution in [3.8, 4) is 0 Å². The molecule has 0 spiro atoms. The molecule has 2 aromatic rings. The van der Waals surface area contributed by atoms with Gasteiger partial charge in [-0.2, -0.15) is 0 Å². The van der Waals surface area contributed by atoms with Crippen LogP contribution in [0.15, 0.2) is 47.3 Å². The Morgan fingerprint density at radius 3 is 2.79 bits per heavy atom. The number of amides is 1. The minimum absolute atomic E-state index is 0.0255. The van der Waals surface area contributed by atoms with Crippen LogP contribution in [0.1, 0.15) is 5.69 Å². The third kappa shape index (κ3) is 4.74. The van der Waals surface area contributed by atoms with Crippen LogP contribution in [-0.2, 0) is 9.53 Å². The van der Waals surface area contributed by atoms with Gasteiger partial charge in [0.1, 0.15) is 0 Å². The molecule has 126 valence electrons. The number of carbonyl (C=O) groups excluding carboxylic acids is 1. The molecule has 1 fully saturated rings. The number of carbonyl (C=O) groups is 1. The van der Waals surface area contributed by atoms with Crippen molar-refractivity contribution in [3.63, 3.8) is 0 Å². The van der Waals surface area contributed by atoms with Crippen molar-refractivity contribution in [2.24, 2.45) is 0 Å². The Bertz CT molecular complexity index is 652. The molecule has 0 radical (unpaired) electrons. The summed E-state index contributed by atoms with van der Waals surface area (Å²) in [5, 5.41) is 1.92. The van der Waals surface area contributed by atoms with E-state index in [2.05, 4.69) is 9.88 Å². The Balaban J connectivity index is 1.68. The number of ether oxygens (including phenoxy) is 1. The van der Waals surface area contributed by atoms with E-state index in [1.807, 2.05) is 40.6 Å². The molecule has 6 heteroatoms. The van der Waals surface area contributed by atoms with Crippen LogP contribution >= 0.6 is 11.3 Å². The fourth-order valence-electron chi connectivity index (χ4n) is 2.59. The Morgan fingerprint density at radius 2 is 2.08 bits per heavy atom. The standard InChI is InChI=1S/C18H21N3O2S/c22-18(7-6-16-14-24-15-19-16)21(17-4-2-1-3-5-17)9-8-20-10-12-23-13-11-20/h1-7,14-15H,8-13H2/b7-6+. The van der Waals surface area contributed by atoms with Gasteiger partial charge in [-0.15, -0.1) is 11.3 Å². The Labute approximate surface area is 146 Å². The number of hydrogen-bond donors (Lipinski definition) is 0. The maximum atomic E-state index is 12.7. The Morgan fingerprint density at radius 1 is 1.29 bits per heavy atom. The van der Waals surface area contributed by atoms with E-state index in [1.165, 1.54) is 11.3 Å². The van der Waals surface area contributed by atoms with Gasteiger partial charge in [0.15, 0.2) is 0 Å². The summed E-state index contributed by atoms with van der Waals surface area (Å²) in [7, 11) is 0. The molecule has 1 saturated heterocycles. The van der Waals surface area contributed by atoms with E-state index in [0.29, 0.717) is 6.54 Å². The first-order valence-corrected chi connectivity index (χ1v) is 9.00. The first-order chi connectivity index (χ1) is 11.8. The van der Waals surface area contributed by atoms with Crippen LogP contribution in [0.5, 0.6) is 0 Å². The van der Waals surface area contributed by atoms with Gasteiger partial charge in [-0.25, -0.2) is 4.98 Å². The van der Waals surface area contributed by atoms with Crippen molar-refractivity contribution in [1.29, 1.82) is 0 Å². The number of aromatic nitrogens is 1. The fourth-order valence-corrected chi connectivity index (χ4v) is 3.11. The van der Waals surface area contributed by atoms with Crippen LogP contribution in [0.4, 0.5) is 5.69 Å². The monoisotopic (exact) mass is 343 g/mol. The predicted octanol–water partition coefficient (Wildman–Crippen LogP) is 2.52. The van der Waals surface area contributed by atoms with Crippen LogP contribution in [0.2, 0.25) is 0 Å². The first-order valence-electron chi connectivity index (χ1n) is 8.06. The summed E-state index contributed by atoms with van der Waals surface area (Å²) in [6.45, 7) is 4.88. The molecule has 1 aromatic carbocycles. The second-order valence-electron chi connectivity index (χ2n) is 5.53. The molecular formula is C18H21N3O2S. The zero-order chi connectivity index (χ0) is 16.6. The third-order valence-corrected chi connectivity index (χ3v) is 4.53. The van der Waals surface area contributed by atoms with Crippen LogP contribution in [0.25, 0.3) is 6.08 Å². The Hall–Kier alpha value is -2.02. The second kappa shape index (κ2) is 8.73. The van der Waals surface area contributed by atoms with Crippen LogP contribution in [0.3, 0.4) is 0 Å². The predicted molar refractivity (Wildman–Crippen MR) is 97.2 cm³/mol. The van der Waals surface area contributed by atoms with Gasteiger partial charge in [0.2, 0.25) is 0 Å². The first kappa shape index (κ1) is 16.8. The molecule has 1 aliphatic heterocycles. The van der Waals surface area contributed by atoms with E-state index in [9.17, 15) is 4.79 Å². The lowest BCUT2D eigenvalue weighted by atomic mass is 10.2. The summed E-state index contributed by atoms with van der Waals surface area (Å²) in [4.78, 5) is 21.0. The summed E-state index contributed by atoms with van der Waals surface area (Å²) >= 11 is 1.52. The normalized spacial score (nSPS) is 15.7. The topological polar surface area (TPSA) is 45.7 Å². The van der Waals surface area contributed by atoms with Gasteiger partial charge >= 0.3 is 0 Å². The van der Waals surface area contributed by atoms with Gasteiger partial charge in [-0.1, -0.05) is 18.2 Å². The quantitative estimate of drug-likeness (QED) is 0.756. The van der Waals surface area contributed by atoms with Crippen LogP contribution in [-0.4, -0.2) is 55.2 Å². The van der Waals surface area contributed by atoms with Gasteiger partial charge in [0.25, 0.3) is 5.91 Å². The minimum atomic E-state index is -0.0255. The third-order valence-electron chi connectivity index (χ3n) is 3.93. The lowest BCUT2D eigenvalue weighted by Gasteiger charge is -2.29. The van der Waals surface area contributed by atoms with Crippen LogP contribution < -0.4 is 4.90 Å². The molecule has 0 aliphatic carbocycles. The maximum Gasteiger partial charge on any atom is 0.251 e. The number of thiazole rings is 1. The molecular weight excluding hydrogens is 322 g/mol. The molecule has 0 bridgehead atoms. The SMILES string of the molecule is O=C(/C=C/c1cscn1)N(CCN1CCOCC1)c1ccccc1. The van der Waals surface area contributed by atoms with Crippen molar-refractivity contribution in [2.75, 3.05) is 44.3 Å². The van der Waals surface area contributed by atoms with Crippen molar-refractivity contribution in [3.05, 3.63) is 53.0 Å². The molecule has 1 amide bonds. The van der Waals surface area contributed by atoms with E-state index < -0.39 is 0 Å². The van der Waals surface area contributed by atoms with Crippen molar-refractivity contribution in [1.82, 2.24) is 9.88 Å². The summed E-state index contributed by atoms with van der Waals surface area (Å²) in [6, 6.07) is 9.80. The number of hydrogen-bond acceptors (Lipinski definition) is 5. The number of para-hydroxylation sites is 1. The summed E-state index contributed by atoms with van der Waals surface area (Å²) in [6.07, 6.45) is 3.37.